The number of nitrogens with zero attached hydrogens (tertiary/aromatic N) is 2. The van der Waals surface area contributed by atoms with Crippen LogP contribution < -0.4 is 5.32 Å². The minimum Gasteiger partial charge on any atom is -0.394 e. The molecule has 5 nitrogen and oxygen atoms in total. The van der Waals surface area contributed by atoms with Gasteiger partial charge in [0.25, 0.3) is 5.91 Å². The van der Waals surface area contributed by atoms with Gasteiger partial charge in [-0.25, -0.2) is 4.98 Å². The summed E-state index contributed by atoms with van der Waals surface area (Å²) in [6.45, 7) is -0.158. The Morgan fingerprint density at radius 2 is 2.05 bits per heavy atom. The summed E-state index contributed by atoms with van der Waals surface area (Å²) in [4.78, 5) is 19.7. The van der Waals surface area contributed by atoms with E-state index in [1.54, 1.807) is 0 Å². The number of rotatable bonds is 5. The highest BCUT2D eigenvalue weighted by Crippen LogP contribution is 2.05. The van der Waals surface area contributed by atoms with Gasteiger partial charge < -0.3 is 10.4 Å². The third-order valence-corrected chi connectivity index (χ3v) is 2.90. The first-order valence-corrected chi connectivity index (χ1v) is 6.50. The van der Waals surface area contributed by atoms with Crippen molar-refractivity contribution in [1.82, 2.24) is 15.3 Å². The number of aliphatic hydroxyl groups is 1. The van der Waals surface area contributed by atoms with E-state index >= 15 is 0 Å². The van der Waals surface area contributed by atoms with Crippen molar-refractivity contribution in [3.63, 3.8) is 0 Å². The number of aromatic nitrogens is 2. The van der Waals surface area contributed by atoms with E-state index < -0.39 is 5.91 Å². The summed E-state index contributed by atoms with van der Waals surface area (Å²) >= 11 is 5.69. The average molecular weight is 292 g/mol. The highest BCUT2D eigenvalue weighted by atomic mass is 35.5. The van der Waals surface area contributed by atoms with E-state index in [0.29, 0.717) is 6.42 Å². The number of hydrogen-bond acceptors (Lipinski definition) is 4. The number of nitrogens with one attached hydrogen (secondary N) is 1. The van der Waals surface area contributed by atoms with Crippen LogP contribution in [0.15, 0.2) is 42.7 Å². The molecule has 0 saturated carbocycles. The van der Waals surface area contributed by atoms with Gasteiger partial charge in [-0.1, -0.05) is 41.9 Å². The van der Waals surface area contributed by atoms with Gasteiger partial charge in [0.2, 0.25) is 0 Å². The molecule has 104 valence electrons. The predicted octanol–water partition coefficient (Wildman–Crippen LogP) is 1.46. The summed E-state index contributed by atoms with van der Waals surface area (Å²) in [6, 6.07) is 9.23. The average Bonchev–Trinajstić information content (AvgIpc) is 2.47. The Labute approximate surface area is 121 Å². The smallest absolute Gasteiger partial charge is 0.271 e. The van der Waals surface area contributed by atoms with Crippen LogP contribution in [-0.2, 0) is 6.42 Å². The number of amides is 1. The number of carbonyl (C=O) groups excluding carboxylic acids is 1. The molecule has 0 bridgehead atoms. The van der Waals surface area contributed by atoms with Gasteiger partial charge in [-0.3, -0.25) is 9.78 Å². The number of benzene rings is 1. The van der Waals surface area contributed by atoms with Crippen LogP contribution in [0.4, 0.5) is 0 Å². The van der Waals surface area contributed by atoms with Crippen molar-refractivity contribution in [3.8, 4) is 0 Å². The number of halogens is 1. The lowest BCUT2D eigenvalue weighted by Crippen LogP contribution is -2.39. The van der Waals surface area contributed by atoms with Crippen LogP contribution in [0.5, 0.6) is 0 Å². The maximum Gasteiger partial charge on any atom is 0.271 e. The zero-order chi connectivity index (χ0) is 14.4. The second kappa shape index (κ2) is 6.98. The van der Waals surface area contributed by atoms with Crippen molar-refractivity contribution in [2.75, 3.05) is 6.61 Å². The molecule has 1 atom stereocenters. The fourth-order valence-electron chi connectivity index (χ4n) is 1.77. The lowest BCUT2D eigenvalue weighted by molar-refractivity contribution is 0.0911. The third-order valence-electron chi connectivity index (χ3n) is 2.72. The molecule has 1 aromatic carbocycles. The molecule has 0 fully saturated rings. The summed E-state index contributed by atoms with van der Waals surface area (Å²) in [5, 5.41) is 12.2. The van der Waals surface area contributed by atoms with Gasteiger partial charge in [0.15, 0.2) is 0 Å². The van der Waals surface area contributed by atoms with Gasteiger partial charge in [-0.05, 0) is 12.0 Å². The second-order valence-corrected chi connectivity index (χ2v) is 4.66. The molecular formula is C14H14ClN3O2. The van der Waals surface area contributed by atoms with Crippen LogP contribution in [0.1, 0.15) is 16.1 Å². The highest BCUT2D eigenvalue weighted by Gasteiger charge is 2.15. The lowest BCUT2D eigenvalue weighted by Gasteiger charge is -2.16. The Morgan fingerprint density at radius 1 is 1.30 bits per heavy atom. The van der Waals surface area contributed by atoms with Crippen molar-refractivity contribution in [2.45, 2.75) is 12.5 Å². The molecule has 0 radical (unpaired) electrons. The van der Waals surface area contributed by atoms with Crippen LogP contribution in [0.3, 0.4) is 0 Å². The number of carbonyl (C=O) groups is 1. The Hall–Kier alpha value is -1.98. The predicted molar refractivity (Wildman–Crippen MR) is 75.5 cm³/mol. The van der Waals surface area contributed by atoms with Gasteiger partial charge in [0.05, 0.1) is 25.0 Å². The van der Waals surface area contributed by atoms with Crippen molar-refractivity contribution < 1.29 is 9.90 Å². The standard InChI is InChI=1S/C14H14ClN3O2/c15-13-8-16-7-12(18-13)14(20)17-11(9-19)6-10-4-2-1-3-5-10/h1-5,7-8,11,19H,6,9H2,(H,17,20). The quantitative estimate of drug-likeness (QED) is 0.874. The van der Waals surface area contributed by atoms with E-state index in [9.17, 15) is 9.90 Å². The van der Waals surface area contributed by atoms with E-state index in [1.807, 2.05) is 30.3 Å². The van der Waals surface area contributed by atoms with Crippen LogP contribution >= 0.6 is 11.6 Å². The van der Waals surface area contributed by atoms with Gasteiger partial charge in [0, 0.05) is 0 Å². The molecule has 0 spiro atoms. The molecule has 1 amide bonds. The van der Waals surface area contributed by atoms with E-state index in [1.165, 1.54) is 12.4 Å². The topological polar surface area (TPSA) is 75.1 Å². The summed E-state index contributed by atoms with van der Waals surface area (Å²) in [5.74, 6) is -0.407. The number of hydrogen-bond donors (Lipinski definition) is 2. The second-order valence-electron chi connectivity index (χ2n) is 4.27. The molecule has 2 rings (SSSR count). The minimum atomic E-state index is -0.407. The van der Waals surface area contributed by atoms with Crippen molar-refractivity contribution >= 4 is 17.5 Å². The van der Waals surface area contributed by atoms with Crippen molar-refractivity contribution in [1.29, 1.82) is 0 Å². The molecule has 2 aromatic rings. The van der Waals surface area contributed by atoms with Crippen LogP contribution in [0.25, 0.3) is 0 Å². The zero-order valence-corrected chi connectivity index (χ0v) is 11.4. The molecule has 1 heterocycles. The summed E-state index contributed by atoms with van der Waals surface area (Å²) in [5.41, 5.74) is 1.16. The SMILES string of the molecule is O=C(NC(CO)Cc1ccccc1)c1cncc(Cl)n1. The fraction of sp³-hybridized carbons (Fsp3) is 0.214. The van der Waals surface area contributed by atoms with Gasteiger partial charge >= 0.3 is 0 Å². The molecule has 0 aliphatic carbocycles. The van der Waals surface area contributed by atoms with Crippen molar-refractivity contribution in [2.24, 2.45) is 0 Å². The summed E-state index contributed by atoms with van der Waals surface area (Å²) in [6.07, 6.45) is 3.22. The van der Waals surface area contributed by atoms with Gasteiger partial charge in [-0.15, -0.1) is 0 Å². The highest BCUT2D eigenvalue weighted by molar-refractivity contribution is 6.29. The molecule has 0 aliphatic heterocycles. The van der Waals surface area contributed by atoms with E-state index in [2.05, 4.69) is 15.3 Å². The van der Waals surface area contributed by atoms with E-state index in [0.717, 1.165) is 5.56 Å². The minimum absolute atomic E-state index is 0.129. The first-order valence-electron chi connectivity index (χ1n) is 6.12. The van der Waals surface area contributed by atoms with Crippen LogP contribution in [0, 0.1) is 0 Å². The maximum atomic E-state index is 12.0. The largest absolute Gasteiger partial charge is 0.394 e. The normalized spacial score (nSPS) is 11.9. The fourth-order valence-corrected chi connectivity index (χ4v) is 1.92. The van der Waals surface area contributed by atoms with Crippen LogP contribution in [-0.4, -0.2) is 33.6 Å². The monoisotopic (exact) mass is 291 g/mol. The molecule has 1 aromatic heterocycles. The summed E-state index contributed by atoms with van der Waals surface area (Å²) < 4.78 is 0. The molecule has 6 heteroatoms. The zero-order valence-electron chi connectivity index (χ0n) is 10.7. The van der Waals surface area contributed by atoms with Gasteiger partial charge in [0.1, 0.15) is 10.8 Å². The van der Waals surface area contributed by atoms with E-state index in [-0.39, 0.29) is 23.5 Å². The Balaban J connectivity index is 2.01. The van der Waals surface area contributed by atoms with Gasteiger partial charge in [-0.2, -0.15) is 0 Å². The molecule has 0 saturated heterocycles. The molecule has 0 aliphatic rings. The summed E-state index contributed by atoms with van der Waals surface area (Å²) in [7, 11) is 0. The van der Waals surface area contributed by atoms with Crippen molar-refractivity contribution in [3.05, 3.63) is 59.1 Å². The molecular weight excluding hydrogens is 278 g/mol. The first-order chi connectivity index (χ1) is 9.69. The maximum absolute atomic E-state index is 12.0. The molecule has 1 unspecified atom stereocenters. The Bertz CT molecular complexity index is 578. The van der Waals surface area contributed by atoms with Crippen LogP contribution in [0.2, 0.25) is 5.15 Å². The van der Waals surface area contributed by atoms with E-state index in [4.69, 9.17) is 11.6 Å². The third kappa shape index (κ3) is 4.01. The first kappa shape index (κ1) is 14.4. The Kier molecular flexibility index (Phi) is 5.03. The number of aliphatic hydroxyl groups excluding tert-OH is 1. The molecule has 20 heavy (non-hydrogen) atoms. The lowest BCUT2D eigenvalue weighted by atomic mass is 10.1. The molecule has 2 N–H and O–H groups in total. The Morgan fingerprint density at radius 3 is 2.70 bits per heavy atom.